The minimum Gasteiger partial charge on any atom is -0.494 e. The summed E-state index contributed by atoms with van der Waals surface area (Å²) >= 11 is 0. The van der Waals surface area contributed by atoms with Crippen LogP contribution in [-0.4, -0.2) is 17.1 Å². The number of ether oxygens (including phenoxy) is 1. The third kappa shape index (κ3) is 3.78. The number of unbranched alkanes of at least 4 members (excludes halogenated alkanes) is 1. The summed E-state index contributed by atoms with van der Waals surface area (Å²) in [4.78, 5) is 12.1. The molecule has 4 aromatic rings. The normalized spacial score (nSPS) is 11.3. The number of rotatable bonds is 8. The number of primary amides is 1. The molecular weight excluding hydrogens is 372 g/mol. The lowest BCUT2D eigenvalue weighted by Crippen LogP contribution is -2.11. The topological polar surface area (TPSA) is 57.2 Å². The summed E-state index contributed by atoms with van der Waals surface area (Å²) < 4.78 is 7.97. The molecule has 0 bridgehead atoms. The van der Waals surface area contributed by atoms with E-state index in [1.165, 1.54) is 5.56 Å². The average Bonchev–Trinajstić information content (AvgIpc) is 3.06. The highest BCUT2D eigenvalue weighted by atomic mass is 16.5. The zero-order valence-electron chi connectivity index (χ0n) is 17.7. The fourth-order valence-electron chi connectivity index (χ4n) is 4.18. The second-order valence-electron chi connectivity index (χ2n) is 7.69. The van der Waals surface area contributed by atoms with Gasteiger partial charge in [-0.1, -0.05) is 43.7 Å². The van der Waals surface area contributed by atoms with E-state index in [2.05, 4.69) is 47.9 Å². The first-order valence-electron chi connectivity index (χ1n) is 10.7. The van der Waals surface area contributed by atoms with E-state index in [4.69, 9.17) is 10.5 Å². The SMILES string of the molecule is CCCCc1ccc2c3c(C(N)=O)cccc3n(Cc3cccc(OCC)c3)c2c1. The Hall–Kier alpha value is -3.27. The Bertz CT molecular complexity index is 1210. The number of nitrogens with zero attached hydrogens (tertiary/aromatic N) is 1. The highest BCUT2D eigenvalue weighted by molar-refractivity contribution is 6.18. The van der Waals surface area contributed by atoms with E-state index in [1.807, 2.05) is 31.2 Å². The van der Waals surface area contributed by atoms with Crippen molar-refractivity contribution in [1.29, 1.82) is 0 Å². The molecule has 30 heavy (non-hydrogen) atoms. The lowest BCUT2D eigenvalue weighted by molar-refractivity contribution is 0.100. The summed E-state index contributed by atoms with van der Waals surface area (Å²) in [5.41, 5.74) is 10.9. The first kappa shape index (κ1) is 20.0. The first-order valence-corrected chi connectivity index (χ1v) is 10.7. The van der Waals surface area contributed by atoms with Gasteiger partial charge in [0.25, 0.3) is 0 Å². The average molecular weight is 401 g/mol. The Labute approximate surface area is 177 Å². The maximum absolute atomic E-state index is 12.1. The molecule has 0 atom stereocenters. The molecule has 0 aliphatic heterocycles. The molecule has 4 rings (SSSR count). The number of hydrogen-bond acceptors (Lipinski definition) is 2. The van der Waals surface area contributed by atoms with Gasteiger partial charge in [-0.3, -0.25) is 4.79 Å². The van der Waals surface area contributed by atoms with Gasteiger partial charge < -0.3 is 15.0 Å². The van der Waals surface area contributed by atoms with Gasteiger partial charge in [0.05, 0.1) is 12.1 Å². The van der Waals surface area contributed by atoms with Gasteiger partial charge in [0.15, 0.2) is 0 Å². The van der Waals surface area contributed by atoms with E-state index in [1.54, 1.807) is 0 Å². The number of nitrogens with two attached hydrogens (primary N) is 1. The maximum Gasteiger partial charge on any atom is 0.249 e. The second kappa shape index (κ2) is 8.62. The summed E-state index contributed by atoms with van der Waals surface area (Å²) in [6.07, 6.45) is 3.38. The van der Waals surface area contributed by atoms with E-state index < -0.39 is 5.91 Å². The summed E-state index contributed by atoms with van der Waals surface area (Å²) in [5.74, 6) is 0.477. The Balaban J connectivity index is 1.91. The minimum absolute atomic E-state index is 0.395. The smallest absolute Gasteiger partial charge is 0.249 e. The van der Waals surface area contributed by atoms with Crippen LogP contribution in [0.1, 0.15) is 48.2 Å². The molecule has 0 radical (unpaired) electrons. The summed E-state index contributed by atoms with van der Waals surface area (Å²) in [7, 11) is 0. The molecular formula is C26H28N2O2. The van der Waals surface area contributed by atoms with Gasteiger partial charge >= 0.3 is 0 Å². The summed E-state index contributed by atoms with van der Waals surface area (Å²) in [6.45, 7) is 5.53. The maximum atomic E-state index is 12.1. The molecule has 4 nitrogen and oxygen atoms in total. The summed E-state index contributed by atoms with van der Waals surface area (Å²) in [6, 6.07) is 20.6. The molecule has 4 heteroatoms. The van der Waals surface area contributed by atoms with Crippen molar-refractivity contribution in [2.24, 2.45) is 5.73 Å². The van der Waals surface area contributed by atoms with Gasteiger partial charge in [0.1, 0.15) is 5.75 Å². The van der Waals surface area contributed by atoms with Crippen LogP contribution in [0.5, 0.6) is 5.75 Å². The van der Waals surface area contributed by atoms with Crippen LogP contribution in [0.15, 0.2) is 60.7 Å². The van der Waals surface area contributed by atoms with Gasteiger partial charge in [-0.2, -0.15) is 0 Å². The zero-order chi connectivity index (χ0) is 21.1. The van der Waals surface area contributed by atoms with Crippen LogP contribution < -0.4 is 10.5 Å². The van der Waals surface area contributed by atoms with Crippen molar-refractivity contribution in [2.45, 2.75) is 39.7 Å². The molecule has 0 unspecified atom stereocenters. The highest BCUT2D eigenvalue weighted by Crippen LogP contribution is 2.33. The Morgan fingerprint density at radius 3 is 2.57 bits per heavy atom. The van der Waals surface area contributed by atoms with Gasteiger partial charge in [0.2, 0.25) is 5.91 Å². The van der Waals surface area contributed by atoms with Crippen LogP contribution >= 0.6 is 0 Å². The van der Waals surface area contributed by atoms with Crippen LogP contribution in [0.2, 0.25) is 0 Å². The Morgan fingerprint density at radius 2 is 1.80 bits per heavy atom. The fraction of sp³-hybridized carbons (Fsp3) is 0.269. The third-order valence-corrected chi connectivity index (χ3v) is 5.59. The van der Waals surface area contributed by atoms with Crippen LogP contribution in [0.3, 0.4) is 0 Å². The van der Waals surface area contributed by atoms with Crippen molar-refractivity contribution in [3.05, 3.63) is 77.4 Å². The van der Waals surface area contributed by atoms with Crippen molar-refractivity contribution in [3.8, 4) is 5.75 Å². The molecule has 3 aromatic carbocycles. The van der Waals surface area contributed by atoms with Gasteiger partial charge in [0, 0.05) is 28.4 Å². The van der Waals surface area contributed by atoms with Crippen LogP contribution in [0.25, 0.3) is 21.8 Å². The fourth-order valence-corrected chi connectivity index (χ4v) is 4.18. The number of fused-ring (bicyclic) bond motifs is 3. The van der Waals surface area contributed by atoms with Crippen LogP contribution in [0.4, 0.5) is 0 Å². The van der Waals surface area contributed by atoms with Crippen molar-refractivity contribution >= 4 is 27.7 Å². The Morgan fingerprint density at radius 1 is 0.967 bits per heavy atom. The van der Waals surface area contributed by atoms with E-state index in [-0.39, 0.29) is 0 Å². The van der Waals surface area contributed by atoms with Crippen molar-refractivity contribution in [2.75, 3.05) is 6.61 Å². The number of amides is 1. The molecule has 1 aromatic heterocycles. The van der Waals surface area contributed by atoms with E-state index in [0.29, 0.717) is 18.7 Å². The number of hydrogen-bond donors (Lipinski definition) is 1. The molecule has 0 aliphatic rings. The number of aromatic nitrogens is 1. The molecule has 0 saturated heterocycles. The number of carbonyl (C=O) groups excluding carboxylic acids is 1. The molecule has 1 heterocycles. The largest absolute Gasteiger partial charge is 0.494 e. The third-order valence-electron chi connectivity index (χ3n) is 5.59. The summed E-state index contributed by atoms with van der Waals surface area (Å²) in [5, 5.41) is 2.00. The van der Waals surface area contributed by atoms with E-state index >= 15 is 0 Å². The molecule has 0 aliphatic carbocycles. The van der Waals surface area contributed by atoms with E-state index in [9.17, 15) is 4.79 Å². The van der Waals surface area contributed by atoms with Gasteiger partial charge in [-0.05, 0) is 61.2 Å². The van der Waals surface area contributed by atoms with Crippen LogP contribution in [-0.2, 0) is 13.0 Å². The van der Waals surface area contributed by atoms with Gasteiger partial charge in [-0.15, -0.1) is 0 Å². The monoisotopic (exact) mass is 400 g/mol. The number of aryl methyl sites for hydroxylation is 1. The quantitative estimate of drug-likeness (QED) is 0.413. The Kier molecular flexibility index (Phi) is 5.75. The van der Waals surface area contributed by atoms with Crippen molar-refractivity contribution in [3.63, 3.8) is 0 Å². The first-order chi connectivity index (χ1) is 14.6. The molecule has 0 saturated carbocycles. The molecule has 0 fully saturated rings. The standard InChI is InChI=1S/C26H28N2O2/c1-3-5-8-18-13-14-21-24(16-18)28(17-19-9-6-10-20(15-19)30-4-2)23-12-7-11-22(25(21)23)26(27)29/h6-7,9-16H,3-5,8,17H2,1-2H3,(H2,27,29). The minimum atomic E-state index is -0.395. The van der Waals surface area contributed by atoms with Crippen molar-refractivity contribution < 1.29 is 9.53 Å². The number of carbonyl (C=O) groups is 1. The van der Waals surface area contributed by atoms with E-state index in [0.717, 1.165) is 52.4 Å². The molecule has 1 amide bonds. The zero-order valence-corrected chi connectivity index (χ0v) is 17.7. The lowest BCUT2D eigenvalue weighted by atomic mass is 10.0. The molecule has 2 N–H and O–H groups in total. The predicted octanol–water partition coefficient (Wildman–Crippen LogP) is 5.68. The second-order valence-corrected chi connectivity index (χ2v) is 7.69. The lowest BCUT2D eigenvalue weighted by Gasteiger charge is -2.11. The highest BCUT2D eigenvalue weighted by Gasteiger charge is 2.17. The molecule has 0 spiro atoms. The predicted molar refractivity (Wildman–Crippen MR) is 123 cm³/mol. The van der Waals surface area contributed by atoms with Crippen molar-refractivity contribution in [1.82, 2.24) is 4.57 Å². The number of benzene rings is 3. The van der Waals surface area contributed by atoms with Gasteiger partial charge in [-0.25, -0.2) is 0 Å². The van der Waals surface area contributed by atoms with Crippen LogP contribution in [0, 0.1) is 0 Å². The molecule has 154 valence electrons.